The lowest BCUT2D eigenvalue weighted by molar-refractivity contribution is -0.132. The molecule has 0 saturated carbocycles. The number of carbonyl (C=O) groups excluding carboxylic acids is 1. The Morgan fingerprint density at radius 3 is 2.53 bits per heavy atom. The monoisotopic (exact) mass is 265 g/mol. The lowest BCUT2D eigenvalue weighted by atomic mass is 10.0. The third kappa shape index (κ3) is 5.05. The molecule has 0 spiro atoms. The fourth-order valence-corrected chi connectivity index (χ4v) is 2.22. The highest BCUT2D eigenvalue weighted by Crippen LogP contribution is 2.11. The van der Waals surface area contributed by atoms with E-state index < -0.39 is 0 Å². The molecule has 1 rings (SSSR count). The van der Waals surface area contributed by atoms with Crippen LogP contribution in [0.3, 0.4) is 0 Å². The fraction of sp³-hybridized carbons (Fsp3) is 0.733. The molecule has 0 atom stereocenters. The average molecular weight is 265 g/mol. The quantitative estimate of drug-likeness (QED) is 0.725. The first-order valence-electron chi connectivity index (χ1n) is 7.37. The number of rotatable bonds is 8. The summed E-state index contributed by atoms with van der Waals surface area (Å²) < 4.78 is 1.85. The molecule has 1 aromatic rings. The molecule has 0 aliphatic rings. The molecule has 0 aliphatic heterocycles. The van der Waals surface area contributed by atoms with Crippen LogP contribution in [0.2, 0.25) is 0 Å². The molecule has 1 aromatic heterocycles. The molecular weight excluding hydrogens is 238 g/mol. The van der Waals surface area contributed by atoms with Crippen molar-refractivity contribution < 1.29 is 4.79 Å². The number of nitrogens with zero attached hydrogens (tertiary/aromatic N) is 3. The first-order valence-corrected chi connectivity index (χ1v) is 7.37. The predicted molar refractivity (Wildman–Crippen MR) is 77.9 cm³/mol. The Labute approximate surface area is 116 Å². The second kappa shape index (κ2) is 7.97. The van der Waals surface area contributed by atoms with E-state index in [2.05, 4.69) is 25.9 Å². The van der Waals surface area contributed by atoms with Gasteiger partial charge in [-0.2, -0.15) is 5.10 Å². The SMILES string of the molecule is CCC(CC)CN(CC)C(=O)CCn1cc(C)cn1. The van der Waals surface area contributed by atoms with Gasteiger partial charge in [-0.05, 0) is 25.3 Å². The Bertz CT molecular complexity index is 382. The van der Waals surface area contributed by atoms with Crippen molar-refractivity contribution in [2.45, 2.75) is 53.5 Å². The van der Waals surface area contributed by atoms with E-state index in [1.54, 1.807) is 0 Å². The molecule has 1 heterocycles. The van der Waals surface area contributed by atoms with Crippen LogP contribution in [-0.2, 0) is 11.3 Å². The van der Waals surface area contributed by atoms with Crippen LogP contribution in [0.25, 0.3) is 0 Å². The Morgan fingerprint density at radius 2 is 2.05 bits per heavy atom. The van der Waals surface area contributed by atoms with Gasteiger partial charge in [0.15, 0.2) is 0 Å². The summed E-state index contributed by atoms with van der Waals surface area (Å²) in [6.45, 7) is 10.8. The van der Waals surface area contributed by atoms with E-state index in [1.165, 1.54) is 0 Å². The maximum Gasteiger partial charge on any atom is 0.224 e. The summed E-state index contributed by atoms with van der Waals surface area (Å²) in [5, 5.41) is 4.21. The first kappa shape index (κ1) is 15.7. The fourth-order valence-electron chi connectivity index (χ4n) is 2.22. The molecule has 4 heteroatoms. The van der Waals surface area contributed by atoms with E-state index in [0.29, 0.717) is 18.9 Å². The van der Waals surface area contributed by atoms with Gasteiger partial charge < -0.3 is 4.90 Å². The molecule has 1 amide bonds. The zero-order valence-electron chi connectivity index (χ0n) is 12.7. The number of amides is 1. The first-order chi connectivity index (χ1) is 9.10. The standard InChI is InChI=1S/C15H27N3O/c1-5-14(6-2)12-17(7-3)15(19)8-9-18-11-13(4)10-16-18/h10-11,14H,5-9,12H2,1-4H3. The summed E-state index contributed by atoms with van der Waals surface area (Å²) in [6, 6.07) is 0. The van der Waals surface area contributed by atoms with Gasteiger partial charge in [0, 0.05) is 32.3 Å². The molecule has 0 fully saturated rings. The molecule has 0 saturated heterocycles. The van der Waals surface area contributed by atoms with Gasteiger partial charge in [-0.1, -0.05) is 26.7 Å². The van der Waals surface area contributed by atoms with Crippen LogP contribution in [0.15, 0.2) is 12.4 Å². The summed E-state index contributed by atoms with van der Waals surface area (Å²) >= 11 is 0. The maximum atomic E-state index is 12.2. The van der Waals surface area contributed by atoms with Gasteiger partial charge in [0.25, 0.3) is 0 Å². The van der Waals surface area contributed by atoms with Crippen LogP contribution in [-0.4, -0.2) is 33.7 Å². The summed E-state index contributed by atoms with van der Waals surface area (Å²) in [5.41, 5.74) is 1.14. The van der Waals surface area contributed by atoms with Crippen LogP contribution in [0.4, 0.5) is 0 Å². The average Bonchev–Trinajstić information content (AvgIpc) is 2.83. The van der Waals surface area contributed by atoms with Crippen LogP contribution in [0, 0.1) is 12.8 Å². The van der Waals surface area contributed by atoms with Gasteiger partial charge in [0.05, 0.1) is 6.20 Å². The second-order valence-electron chi connectivity index (χ2n) is 5.15. The van der Waals surface area contributed by atoms with Crippen molar-refractivity contribution >= 4 is 5.91 Å². The molecule has 0 aromatic carbocycles. The number of carbonyl (C=O) groups is 1. The minimum atomic E-state index is 0.238. The minimum absolute atomic E-state index is 0.238. The third-order valence-corrected chi connectivity index (χ3v) is 3.68. The molecular formula is C15H27N3O. The molecule has 0 radical (unpaired) electrons. The Morgan fingerprint density at radius 1 is 1.37 bits per heavy atom. The zero-order chi connectivity index (χ0) is 14.3. The summed E-state index contributed by atoms with van der Waals surface area (Å²) in [7, 11) is 0. The second-order valence-corrected chi connectivity index (χ2v) is 5.15. The highest BCUT2D eigenvalue weighted by molar-refractivity contribution is 5.76. The molecule has 108 valence electrons. The number of hydrogen-bond donors (Lipinski definition) is 0. The van der Waals surface area contributed by atoms with E-state index >= 15 is 0 Å². The van der Waals surface area contributed by atoms with Gasteiger partial charge in [0.2, 0.25) is 5.91 Å². The summed E-state index contributed by atoms with van der Waals surface area (Å²) in [4.78, 5) is 14.2. The van der Waals surface area contributed by atoms with E-state index in [-0.39, 0.29) is 5.91 Å². The van der Waals surface area contributed by atoms with Gasteiger partial charge in [-0.3, -0.25) is 9.48 Å². The molecule has 0 unspecified atom stereocenters. The molecule has 0 aliphatic carbocycles. The van der Waals surface area contributed by atoms with Crippen LogP contribution >= 0.6 is 0 Å². The normalized spacial score (nSPS) is 11.0. The van der Waals surface area contributed by atoms with E-state index in [0.717, 1.165) is 31.5 Å². The summed E-state index contributed by atoms with van der Waals surface area (Å²) in [5.74, 6) is 0.860. The van der Waals surface area contributed by atoms with Gasteiger partial charge in [-0.25, -0.2) is 0 Å². The Balaban J connectivity index is 2.45. The van der Waals surface area contributed by atoms with Crippen molar-refractivity contribution in [3.63, 3.8) is 0 Å². The van der Waals surface area contributed by atoms with Crippen LogP contribution in [0.1, 0.15) is 45.6 Å². The number of hydrogen-bond acceptors (Lipinski definition) is 2. The smallest absolute Gasteiger partial charge is 0.224 e. The number of aryl methyl sites for hydroxylation is 2. The molecule has 19 heavy (non-hydrogen) atoms. The van der Waals surface area contributed by atoms with E-state index in [9.17, 15) is 4.79 Å². The van der Waals surface area contributed by atoms with E-state index in [4.69, 9.17) is 0 Å². The van der Waals surface area contributed by atoms with Crippen molar-refractivity contribution in [1.82, 2.24) is 14.7 Å². The van der Waals surface area contributed by atoms with Crippen molar-refractivity contribution in [2.24, 2.45) is 5.92 Å². The van der Waals surface area contributed by atoms with Gasteiger partial charge >= 0.3 is 0 Å². The van der Waals surface area contributed by atoms with Crippen LogP contribution in [0.5, 0.6) is 0 Å². The van der Waals surface area contributed by atoms with E-state index in [1.807, 2.05) is 28.9 Å². The third-order valence-electron chi connectivity index (χ3n) is 3.68. The largest absolute Gasteiger partial charge is 0.343 e. The Kier molecular flexibility index (Phi) is 6.60. The molecule has 0 bridgehead atoms. The van der Waals surface area contributed by atoms with Crippen molar-refractivity contribution in [3.05, 3.63) is 18.0 Å². The molecule has 4 nitrogen and oxygen atoms in total. The van der Waals surface area contributed by atoms with Crippen molar-refractivity contribution in [3.8, 4) is 0 Å². The highest BCUT2D eigenvalue weighted by Gasteiger charge is 2.15. The zero-order valence-corrected chi connectivity index (χ0v) is 12.7. The van der Waals surface area contributed by atoms with Crippen molar-refractivity contribution in [1.29, 1.82) is 0 Å². The van der Waals surface area contributed by atoms with Crippen molar-refractivity contribution in [2.75, 3.05) is 13.1 Å². The minimum Gasteiger partial charge on any atom is -0.343 e. The lowest BCUT2D eigenvalue weighted by Crippen LogP contribution is -2.35. The number of aromatic nitrogens is 2. The summed E-state index contributed by atoms with van der Waals surface area (Å²) in [6.07, 6.45) is 6.61. The highest BCUT2D eigenvalue weighted by atomic mass is 16.2. The van der Waals surface area contributed by atoms with Gasteiger partial charge in [0.1, 0.15) is 0 Å². The predicted octanol–water partition coefficient (Wildman–Crippen LogP) is 2.87. The van der Waals surface area contributed by atoms with Crippen LogP contribution < -0.4 is 0 Å². The topological polar surface area (TPSA) is 38.1 Å². The molecule has 0 N–H and O–H groups in total. The Hall–Kier alpha value is -1.32. The maximum absolute atomic E-state index is 12.2. The van der Waals surface area contributed by atoms with Gasteiger partial charge in [-0.15, -0.1) is 0 Å². The lowest BCUT2D eigenvalue weighted by Gasteiger charge is -2.25.